The maximum absolute atomic E-state index is 12.5. The zero-order valence-corrected chi connectivity index (χ0v) is 9.20. The molecule has 0 radical (unpaired) electrons. The Labute approximate surface area is 97.2 Å². The lowest BCUT2D eigenvalue weighted by molar-refractivity contribution is -0.124. The Balaban J connectivity index is 1.92. The van der Waals surface area contributed by atoms with Crippen LogP contribution in [0.15, 0.2) is 12.4 Å². The number of halogens is 2. The van der Waals surface area contributed by atoms with Gasteiger partial charge in [0.15, 0.2) is 0 Å². The highest BCUT2D eigenvalue weighted by atomic mass is 19.3. The molecule has 0 spiro atoms. The van der Waals surface area contributed by atoms with E-state index in [0.29, 0.717) is 6.54 Å². The summed E-state index contributed by atoms with van der Waals surface area (Å²) >= 11 is 0. The van der Waals surface area contributed by atoms with Crippen LogP contribution in [-0.2, 0) is 11.3 Å². The van der Waals surface area contributed by atoms with E-state index in [4.69, 9.17) is 0 Å². The minimum atomic E-state index is -2.60. The van der Waals surface area contributed by atoms with E-state index < -0.39 is 6.55 Å². The Hall–Kier alpha value is -1.50. The number of hydrogen-bond donors (Lipinski definition) is 2. The van der Waals surface area contributed by atoms with Crippen LogP contribution in [0.1, 0.15) is 25.2 Å². The van der Waals surface area contributed by atoms with Crippen molar-refractivity contribution >= 4 is 5.91 Å². The fraction of sp³-hybridized carbons (Fsp3) is 0.600. The van der Waals surface area contributed by atoms with Gasteiger partial charge in [-0.05, 0) is 12.8 Å². The quantitative estimate of drug-likeness (QED) is 0.817. The van der Waals surface area contributed by atoms with Crippen LogP contribution in [0.3, 0.4) is 0 Å². The zero-order chi connectivity index (χ0) is 12.3. The normalized spacial score (nSPS) is 20.6. The molecule has 0 bridgehead atoms. The molecule has 1 aliphatic heterocycles. The van der Waals surface area contributed by atoms with Crippen molar-refractivity contribution < 1.29 is 13.6 Å². The molecular weight excluding hydrogens is 230 g/mol. The van der Waals surface area contributed by atoms with Gasteiger partial charge in [0.2, 0.25) is 5.91 Å². The number of aromatic nitrogens is 2. The predicted octanol–water partition coefficient (Wildman–Crippen LogP) is 0.646. The molecule has 1 aromatic heterocycles. The van der Waals surface area contributed by atoms with Crippen LogP contribution in [0.2, 0.25) is 0 Å². The largest absolute Gasteiger partial charge is 0.355 e. The van der Waals surface area contributed by atoms with Crippen molar-refractivity contribution in [3.05, 3.63) is 18.2 Å². The lowest BCUT2D eigenvalue weighted by Crippen LogP contribution is -2.48. The minimum Gasteiger partial charge on any atom is -0.355 e. The van der Waals surface area contributed by atoms with Gasteiger partial charge in [-0.2, -0.15) is 8.78 Å². The summed E-state index contributed by atoms with van der Waals surface area (Å²) < 4.78 is 25.8. The van der Waals surface area contributed by atoms with Gasteiger partial charge < -0.3 is 5.32 Å². The van der Waals surface area contributed by atoms with E-state index >= 15 is 0 Å². The van der Waals surface area contributed by atoms with Crippen LogP contribution in [0.5, 0.6) is 0 Å². The van der Waals surface area contributed by atoms with E-state index in [1.54, 1.807) is 0 Å². The van der Waals surface area contributed by atoms with Crippen molar-refractivity contribution in [3.8, 4) is 0 Å². The molecule has 94 valence electrons. The van der Waals surface area contributed by atoms with Crippen LogP contribution in [-0.4, -0.2) is 28.0 Å². The highest BCUT2D eigenvalue weighted by Gasteiger charge is 2.22. The zero-order valence-electron chi connectivity index (χ0n) is 9.20. The number of imidazole rings is 1. The Morgan fingerprint density at radius 3 is 3.18 bits per heavy atom. The van der Waals surface area contributed by atoms with Crippen molar-refractivity contribution in [2.45, 2.75) is 32.0 Å². The second-order valence-electron chi connectivity index (χ2n) is 3.90. The third kappa shape index (κ3) is 2.79. The number of hydrogen-bond acceptors (Lipinski definition) is 3. The van der Waals surface area contributed by atoms with Crippen molar-refractivity contribution in [2.24, 2.45) is 0 Å². The standard InChI is InChI=1S/C10H14F2N4O/c11-10(12)16-5-4-13-8(16)6-15-7-2-1-3-14-9(7)17/h4-5,7,10,15H,1-3,6H2,(H,14,17). The molecule has 5 nitrogen and oxygen atoms in total. The fourth-order valence-electron chi connectivity index (χ4n) is 1.84. The highest BCUT2D eigenvalue weighted by Crippen LogP contribution is 2.12. The summed E-state index contributed by atoms with van der Waals surface area (Å²) in [6.07, 6.45) is 4.17. The summed E-state index contributed by atoms with van der Waals surface area (Å²) in [6.45, 7) is -1.76. The smallest absolute Gasteiger partial charge is 0.319 e. The second-order valence-corrected chi connectivity index (χ2v) is 3.90. The Bertz CT molecular complexity index is 393. The fourth-order valence-corrected chi connectivity index (χ4v) is 1.84. The summed E-state index contributed by atoms with van der Waals surface area (Å²) in [5.41, 5.74) is 0. The molecule has 1 fully saturated rings. The first kappa shape index (κ1) is 12.0. The monoisotopic (exact) mass is 244 g/mol. The van der Waals surface area contributed by atoms with Crippen molar-refractivity contribution in [1.82, 2.24) is 20.2 Å². The molecule has 2 rings (SSSR count). The summed E-state index contributed by atoms with van der Waals surface area (Å²) in [7, 11) is 0. The molecule has 1 amide bonds. The van der Waals surface area contributed by atoms with Gasteiger partial charge in [0.1, 0.15) is 5.82 Å². The molecule has 1 aliphatic rings. The molecule has 1 saturated heterocycles. The molecular formula is C10H14F2N4O. The first-order valence-electron chi connectivity index (χ1n) is 5.49. The van der Waals surface area contributed by atoms with Crippen LogP contribution >= 0.6 is 0 Å². The van der Waals surface area contributed by atoms with Gasteiger partial charge >= 0.3 is 6.55 Å². The number of nitrogens with one attached hydrogen (secondary N) is 2. The third-order valence-corrected chi connectivity index (χ3v) is 2.75. The summed E-state index contributed by atoms with van der Waals surface area (Å²) in [4.78, 5) is 15.3. The molecule has 0 aliphatic carbocycles. The van der Waals surface area contributed by atoms with Gasteiger partial charge in [0, 0.05) is 18.9 Å². The number of carbonyl (C=O) groups excluding carboxylic acids is 1. The molecule has 17 heavy (non-hydrogen) atoms. The maximum atomic E-state index is 12.5. The molecule has 0 saturated carbocycles. The first-order chi connectivity index (χ1) is 8.18. The maximum Gasteiger partial charge on any atom is 0.319 e. The molecule has 0 aromatic carbocycles. The van der Waals surface area contributed by atoms with E-state index in [2.05, 4.69) is 15.6 Å². The van der Waals surface area contributed by atoms with E-state index in [-0.39, 0.29) is 24.3 Å². The summed E-state index contributed by atoms with van der Waals surface area (Å²) in [5.74, 6) is 0.157. The van der Waals surface area contributed by atoms with Gasteiger partial charge in [0.25, 0.3) is 0 Å². The lowest BCUT2D eigenvalue weighted by Gasteiger charge is -2.22. The molecule has 7 heteroatoms. The van der Waals surface area contributed by atoms with Gasteiger partial charge in [-0.3, -0.25) is 14.7 Å². The van der Waals surface area contributed by atoms with Crippen LogP contribution in [0, 0.1) is 0 Å². The van der Waals surface area contributed by atoms with E-state index in [1.165, 1.54) is 12.4 Å². The van der Waals surface area contributed by atoms with Gasteiger partial charge in [-0.1, -0.05) is 0 Å². The molecule has 2 N–H and O–H groups in total. The topological polar surface area (TPSA) is 59.0 Å². The highest BCUT2D eigenvalue weighted by molar-refractivity contribution is 5.82. The average molecular weight is 244 g/mol. The average Bonchev–Trinajstić information content (AvgIpc) is 2.76. The number of nitrogens with zero attached hydrogens (tertiary/aromatic N) is 2. The summed E-state index contributed by atoms with van der Waals surface area (Å²) in [5, 5.41) is 5.66. The van der Waals surface area contributed by atoms with Crippen molar-refractivity contribution in [3.63, 3.8) is 0 Å². The van der Waals surface area contributed by atoms with Crippen molar-refractivity contribution in [1.29, 1.82) is 0 Å². The number of rotatable bonds is 4. The number of amides is 1. The van der Waals surface area contributed by atoms with E-state index in [9.17, 15) is 13.6 Å². The number of piperidine rings is 1. The minimum absolute atomic E-state index is 0.0774. The van der Waals surface area contributed by atoms with Crippen LogP contribution < -0.4 is 10.6 Å². The Kier molecular flexibility index (Phi) is 3.68. The van der Waals surface area contributed by atoms with Crippen LogP contribution in [0.25, 0.3) is 0 Å². The molecule has 2 heterocycles. The third-order valence-electron chi connectivity index (χ3n) is 2.75. The van der Waals surface area contributed by atoms with Gasteiger partial charge in [-0.15, -0.1) is 0 Å². The Morgan fingerprint density at radius 1 is 1.65 bits per heavy atom. The number of alkyl halides is 2. The summed E-state index contributed by atoms with van der Waals surface area (Å²) in [6, 6.07) is -0.313. The first-order valence-corrected chi connectivity index (χ1v) is 5.49. The SMILES string of the molecule is O=C1NCCCC1NCc1nccn1C(F)F. The Morgan fingerprint density at radius 2 is 2.47 bits per heavy atom. The van der Waals surface area contributed by atoms with Gasteiger partial charge in [-0.25, -0.2) is 4.98 Å². The molecule has 1 atom stereocenters. The van der Waals surface area contributed by atoms with Crippen molar-refractivity contribution in [2.75, 3.05) is 6.54 Å². The lowest BCUT2D eigenvalue weighted by atomic mass is 10.1. The number of carbonyl (C=O) groups is 1. The van der Waals surface area contributed by atoms with Crippen LogP contribution in [0.4, 0.5) is 8.78 Å². The molecule has 1 aromatic rings. The predicted molar refractivity (Wildman–Crippen MR) is 56.4 cm³/mol. The second kappa shape index (κ2) is 5.22. The van der Waals surface area contributed by atoms with E-state index in [0.717, 1.165) is 17.4 Å². The van der Waals surface area contributed by atoms with E-state index in [1.807, 2.05) is 0 Å². The molecule has 1 unspecified atom stereocenters. The van der Waals surface area contributed by atoms with Gasteiger partial charge in [0.05, 0.1) is 12.6 Å².